The Hall–Kier alpha value is -2.86. The molecule has 25 heavy (non-hydrogen) atoms. The number of hydrogen-bond donors (Lipinski definition) is 0. The Balaban J connectivity index is 1.37. The van der Waals surface area contributed by atoms with Crippen molar-refractivity contribution in [1.29, 1.82) is 0 Å². The summed E-state index contributed by atoms with van der Waals surface area (Å²) in [6, 6.07) is 15.3. The molecule has 1 amide bonds. The van der Waals surface area contributed by atoms with Gasteiger partial charge in [-0.3, -0.25) is 9.69 Å². The first kappa shape index (κ1) is 15.7. The van der Waals surface area contributed by atoms with Crippen molar-refractivity contribution in [2.24, 2.45) is 0 Å². The topological polar surface area (TPSA) is 62.7 Å². The van der Waals surface area contributed by atoms with Crippen molar-refractivity contribution in [3.8, 4) is 11.3 Å². The van der Waals surface area contributed by atoms with Crippen LogP contribution in [0.4, 0.5) is 0 Å². The lowest BCUT2D eigenvalue weighted by molar-refractivity contribution is 0.0581. The molecule has 0 unspecified atom stereocenters. The number of nitrogens with zero attached hydrogens (tertiary/aromatic N) is 3. The molecule has 6 heteroatoms. The molecule has 2 aromatic heterocycles. The third-order valence-electron chi connectivity index (χ3n) is 4.41. The normalized spacial score (nSPS) is 15.4. The van der Waals surface area contributed by atoms with E-state index in [9.17, 15) is 4.79 Å². The van der Waals surface area contributed by atoms with Crippen LogP contribution in [0, 0.1) is 0 Å². The zero-order chi connectivity index (χ0) is 17.1. The maximum atomic E-state index is 12.6. The molecule has 1 aliphatic rings. The summed E-state index contributed by atoms with van der Waals surface area (Å²) in [7, 11) is 0. The summed E-state index contributed by atoms with van der Waals surface area (Å²) in [4.78, 5) is 16.7. The molecule has 6 nitrogen and oxygen atoms in total. The van der Waals surface area contributed by atoms with Crippen LogP contribution in [-0.4, -0.2) is 47.0 Å². The van der Waals surface area contributed by atoms with Gasteiger partial charge in [0, 0.05) is 37.8 Å². The minimum Gasteiger partial charge on any atom is -0.468 e. The maximum absolute atomic E-state index is 12.6. The summed E-state index contributed by atoms with van der Waals surface area (Å²) in [5, 5.41) is 4.02. The van der Waals surface area contributed by atoms with Crippen LogP contribution in [0.25, 0.3) is 11.3 Å². The lowest BCUT2D eigenvalue weighted by Crippen LogP contribution is -2.48. The molecule has 0 N–H and O–H groups in total. The minimum absolute atomic E-state index is 0.104. The molecule has 4 rings (SSSR count). The molecule has 3 heterocycles. The van der Waals surface area contributed by atoms with Gasteiger partial charge in [0.05, 0.1) is 12.8 Å². The Morgan fingerprint density at radius 3 is 2.56 bits per heavy atom. The predicted octanol–water partition coefficient (Wildman–Crippen LogP) is 2.89. The Morgan fingerprint density at radius 2 is 1.84 bits per heavy atom. The summed E-state index contributed by atoms with van der Waals surface area (Å²) >= 11 is 0. The Kier molecular flexibility index (Phi) is 4.35. The van der Waals surface area contributed by atoms with E-state index in [1.54, 1.807) is 12.3 Å². The van der Waals surface area contributed by atoms with E-state index in [0.29, 0.717) is 24.5 Å². The van der Waals surface area contributed by atoms with Crippen molar-refractivity contribution in [3.63, 3.8) is 0 Å². The number of aromatic nitrogens is 1. The van der Waals surface area contributed by atoms with Crippen molar-refractivity contribution < 1.29 is 13.7 Å². The molecular weight excluding hydrogens is 318 g/mol. The van der Waals surface area contributed by atoms with Gasteiger partial charge in [-0.1, -0.05) is 35.5 Å². The third kappa shape index (κ3) is 3.49. The fraction of sp³-hybridized carbons (Fsp3) is 0.263. The lowest BCUT2D eigenvalue weighted by atomic mass is 10.1. The summed E-state index contributed by atoms with van der Waals surface area (Å²) in [6.45, 7) is 3.73. The fourth-order valence-corrected chi connectivity index (χ4v) is 3.01. The van der Waals surface area contributed by atoms with E-state index in [2.05, 4.69) is 10.1 Å². The average molecular weight is 337 g/mol. The number of furan rings is 1. The van der Waals surface area contributed by atoms with Gasteiger partial charge in [0.1, 0.15) is 11.5 Å². The molecule has 1 aliphatic heterocycles. The first-order chi connectivity index (χ1) is 12.3. The van der Waals surface area contributed by atoms with Gasteiger partial charge in [-0.15, -0.1) is 0 Å². The van der Waals surface area contributed by atoms with Gasteiger partial charge in [0.15, 0.2) is 0 Å². The summed E-state index contributed by atoms with van der Waals surface area (Å²) in [5.74, 6) is 1.13. The van der Waals surface area contributed by atoms with Gasteiger partial charge < -0.3 is 13.8 Å². The first-order valence-electron chi connectivity index (χ1n) is 8.36. The smallest absolute Gasteiger partial charge is 0.292 e. The number of piperazine rings is 1. The molecule has 0 saturated carbocycles. The average Bonchev–Trinajstić information content (AvgIpc) is 3.34. The van der Waals surface area contributed by atoms with E-state index in [1.165, 1.54) is 0 Å². The number of benzene rings is 1. The Bertz CT molecular complexity index is 819. The molecule has 0 radical (unpaired) electrons. The van der Waals surface area contributed by atoms with E-state index in [0.717, 1.165) is 31.0 Å². The Morgan fingerprint density at radius 1 is 1.04 bits per heavy atom. The second kappa shape index (κ2) is 6.94. The van der Waals surface area contributed by atoms with Crippen LogP contribution < -0.4 is 0 Å². The van der Waals surface area contributed by atoms with E-state index in [1.807, 2.05) is 47.4 Å². The molecule has 1 saturated heterocycles. The molecule has 1 fully saturated rings. The van der Waals surface area contributed by atoms with Crippen molar-refractivity contribution in [2.45, 2.75) is 6.54 Å². The fourth-order valence-electron chi connectivity index (χ4n) is 3.01. The van der Waals surface area contributed by atoms with E-state index >= 15 is 0 Å². The number of hydrogen-bond acceptors (Lipinski definition) is 5. The third-order valence-corrected chi connectivity index (χ3v) is 4.41. The van der Waals surface area contributed by atoms with Crippen LogP contribution in [-0.2, 0) is 6.54 Å². The van der Waals surface area contributed by atoms with Gasteiger partial charge in [0.2, 0.25) is 5.76 Å². The predicted molar refractivity (Wildman–Crippen MR) is 91.8 cm³/mol. The highest BCUT2D eigenvalue weighted by Gasteiger charge is 2.25. The summed E-state index contributed by atoms with van der Waals surface area (Å²) in [6.07, 6.45) is 1.68. The van der Waals surface area contributed by atoms with Crippen LogP contribution in [0.15, 0.2) is 63.7 Å². The molecular formula is C19H19N3O3. The van der Waals surface area contributed by atoms with Gasteiger partial charge in [-0.2, -0.15) is 0 Å². The molecule has 1 aromatic carbocycles. The maximum Gasteiger partial charge on any atom is 0.292 e. The van der Waals surface area contributed by atoms with Gasteiger partial charge in [0.25, 0.3) is 5.91 Å². The minimum atomic E-state index is -0.104. The van der Waals surface area contributed by atoms with E-state index in [4.69, 9.17) is 8.94 Å². The molecule has 3 aromatic rings. The number of carbonyl (C=O) groups excluding carboxylic acids is 1. The first-order valence-corrected chi connectivity index (χ1v) is 8.36. The number of carbonyl (C=O) groups is 1. The van der Waals surface area contributed by atoms with Crippen molar-refractivity contribution in [2.75, 3.05) is 26.2 Å². The second-order valence-corrected chi connectivity index (χ2v) is 6.09. The van der Waals surface area contributed by atoms with E-state index < -0.39 is 0 Å². The van der Waals surface area contributed by atoms with Crippen LogP contribution in [0.2, 0.25) is 0 Å². The molecule has 0 atom stereocenters. The SMILES string of the molecule is O=C(c1cc(-c2ccccc2)no1)N1CCN(Cc2ccco2)CC1. The highest BCUT2D eigenvalue weighted by atomic mass is 16.5. The summed E-state index contributed by atoms with van der Waals surface area (Å²) < 4.78 is 10.7. The molecule has 128 valence electrons. The van der Waals surface area contributed by atoms with Crippen LogP contribution in [0.5, 0.6) is 0 Å². The monoisotopic (exact) mass is 337 g/mol. The highest BCUT2D eigenvalue weighted by molar-refractivity contribution is 5.92. The van der Waals surface area contributed by atoms with Gasteiger partial charge >= 0.3 is 0 Å². The van der Waals surface area contributed by atoms with Gasteiger partial charge in [-0.05, 0) is 12.1 Å². The zero-order valence-corrected chi connectivity index (χ0v) is 13.8. The number of rotatable bonds is 4. The standard InChI is InChI=1S/C19H19N3O3/c23-19(18-13-17(20-25-18)15-5-2-1-3-6-15)22-10-8-21(9-11-22)14-16-7-4-12-24-16/h1-7,12-13H,8-11,14H2. The van der Waals surface area contributed by atoms with Crippen molar-refractivity contribution in [3.05, 3.63) is 66.3 Å². The quantitative estimate of drug-likeness (QED) is 0.732. The molecule has 0 spiro atoms. The lowest BCUT2D eigenvalue weighted by Gasteiger charge is -2.33. The van der Waals surface area contributed by atoms with Crippen molar-refractivity contribution in [1.82, 2.24) is 15.0 Å². The second-order valence-electron chi connectivity index (χ2n) is 6.09. The zero-order valence-electron chi connectivity index (χ0n) is 13.8. The van der Waals surface area contributed by atoms with E-state index in [-0.39, 0.29) is 5.91 Å². The molecule has 0 bridgehead atoms. The summed E-state index contributed by atoms with van der Waals surface area (Å²) in [5.41, 5.74) is 1.62. The molecule has 0 aliphatic carbocycles. The van der Waals surface area contributed by atoms with Crippen LogP contribution in [0.3, 0.4) is 0 Å². The van der Waals surface area contributed by atoms with Crippen molar-refractivity contribution >= 4 is 5.91 Å². The van der Waals surface area contributed by atoms with Gasteiger partial charge in [-0.25, -0.2) is 0 Å². The number of amides is 1. The Labute approximate surface area is 145 Å². The highest BCUT2D eigenvalue weighted by Crippen LogP contribution is 2.20. The van der Waals surface area contributed by atoms with Crippen LogP contribution in [0.1, 0.15) is 16.3 Å². The van der Waals surface area contributed by atoms with Crippen LogP contribution >= 0.6 is 0 Å². The largest absolute Gasteiger partial charge is 0.468 e.